The molecule has 1 heterocycles. The van der Waals surface area contributed by atoms with E-state index in [9.17, 15) is 19.2 Å². The van der Waals surface area contributed by atoms with Crippen molar-refractivity contribution in [3.05, 3.63) is 12.2 Å². The van der Waals surface area contributed by atoms with Crippen LogP contribution in [0.4, 0.5) is 0 Å². The Morgan fingerprint density at radius 3 is 2.24 bits per heavy atom. The first kappa shape index (κ1) is 15.9. The normalized spacial score (nSPS) is 23.8. The van der Waals surface area contributed by atoms with Crippen molar-refractivity contribution in [2.75, 3.05) is 6.54 Å². The molecule has 1 aliphatic carbocycles. The summed E-state index contributed by atoms with van der Waals surface area (Å²) in [6.45, 7) is 6.14. The summed E-state index contributed by atoms with van der Waals surface area (Å²) in [5.74, 6) is -1.61. The van der Waals surface area contributed by atoms with Crippen LogP contribution in [0.2, 0.25) is 0 Å². The summed E-state index contributed by atoms with van der Waals surface area (Å²) < 4.78 is -0.0993. The van der Waals surface area contributed by atoms with Crippen LogP contribution in [0.5, 0.6) is 0 Å². The van der Waals surface area contributed by atoms with E-state index in [1.54, 1.807) is 0 Å². The number of allylic oxidation sites excluding steroid dienone is 2. The van der Waals surface area contributed by atoms with Gasteiger partial charge in [-0.2, -0.15) is 0 Å². The molecule has 2 rings (SSSR count). The zero-order valence-corrected chi connectivity index (χ0v) is 13.2. The second-order valence-corrected chi connectivity index (χ2v) is 8.32. The maximum Gasteiger partial charge on any atom is 0.242 e. The summed E-state index contributed by atoms with van der Waals surface area (Å²) in [6, 6.07) is 0. The van der Waals surface area contributed by atoms with Gasteiger partial charge in [-0.25, -0.2) is 0 Å². The third-order valence-electron chi connectivity index (χ3n) is 3.44. The van der Waals surface area contributed by atoms with E-state index in [-0.39, 0.29) is 52.8 Å². The van der Waals surface area contributed by atoms with Crippen molar-refractivity contribution in [2.45, 2.75) is 43.6 Å². The molecule has 6 heteroatoms. The molecule has 5 nitrogen and oxygen atoms in total. The summed E-state index contributed by atoms with van der Waals surface area (Å²) in [5.41, 5.74) is 0. The fourth-order valence-electron chi connectivity index (χ4n) is 2.49. The number of nitrogens with zero attached hydrogens (tertiary/aromatic N) is 1. The topological polar surface area (TPSA) is 71.5 Å². The second-order valence-electron chi connectivity index (χ2n) is 6.29. The number of likely N-dealkylation sites (tertiary alicyclic amines) is 1. The van der Waals surface area contributed by atoms with Gasteiger partial charge in [0, 0.05) is 17.7 Å². The Kier molecular flexibility index (Phi) is 4.37. The molecule has 1 unspecified atom stereocenters. The smallest absolute Gasteiger partial charge is 0.242 e. The van der Waals surface area contributed by atoms with E-state index < -0.39 is 5.92 Å². The lowest BCUT2D eigenvalue weighted by molar-refractivity contribution is -0.139. The Hall–Kier alpha value is -1.43. The number of thioether (sulfide) groups is 1. The number of ketones is 2. The zero-order valence-electron chi connectivity index (χ0n) is 12.4. The van der Waals surface area contributed by atoms with E-state index in [2.05, 4.69) is 0 Å². The summed E-state index contributed by atoms with van der Waals surface area (Å²) in [4.78, 5) is 48.4. The lowest BCUT2D eigenvalue weighted by Gasteiger charge is -2.21. The van der Waals surface area contributed by atoms with Crippen LogP contribution >= 0.6 is 11.8 Å². The standard InChI is InChI=1S/C15H19NO4S/c1-15(2,3)21-12-8-13(19)16(14(12)20)7-6-9-10(17)4-5-11(9)18/h4-5,9,12H,6-8H2,1-3H3. The van der Waals surface area contributed by atoms with Gasteiger partial charge in [0.15, 0.2) is 11.6 Å². The van der Waals surface area contributed by atoms with Crippen molar-refractivity contribution in [3.8, 4) is 0 Å². The van der Waals surface area contributed by atoms with Crippen molar-refractivity contribution in [1.29, 1.82) is 0 Å². The SMILES string of the molecule is CC(C)(C)SC1CC(=O)N(CCC2C(=O)C=CC2=O)C1=O. The molecular formula is C15H19NO4S. The van der Waals surface area contributed by atoms with Crippen molar-refractivity contribution in [1.82, 2.24) is 4.90 Å². The van der Waals surface area contributed by atoms with Crippen LogP contribution in [-0.4, -0.2) is 44.8 Å². The van der Waals surface area contributed by atoms with Gasteiger partial charge in [0.05, 0.1) is 11.2 Å². The zero-order chi connectivity index (χ0) is 15.8. The summed E-state index contributed by atoms with van der Waals surface area (Å²) in [6.07, 6.45) is 2.94. The number of carbonyl (C=O) groups is 4. The Balaban J connectivity index is 1.95. The van der Waals surface area contributed by atoms with E-state index in [0.717, 1.165) is 0 Å². The van der Waals surface area contributed by atoms with E-state index >= 15 is 0 Å². The highest BCUT2D eigenvalue weighted by atomic mass is 32.2. The molecule has 0 radical (unpaired) electrons. The first-order chi connectivity index (χ1) is 9.69. The number of hydrogen-bond donors (Lipinski definition) is 0. The van der Waals surface area contributed by atoms with Crippen LogP contribution in [-0.2, 0) is 19.2 Å². The highest BCUT2D eigenvalue weighted by Crippen LogP contribution is 2.34. The number of carbonyl (C=O) groups excluding carboxylic acids is 4. The number of rotatable bonds is 4. The minimum absolute atomic E-state index is 0.0993. The van der Waals surface area contributed by atoms with Crippen LogP contribution in [0.3, 0.4) is 0 Å². The van der Waals surface area contributed by atoms with Crippen LogP contribution in [0.25, 0.3) is 0 Å². The van der Waals surface area contributed by atoms with Gasteiger partial charge < -0.3 is 0 Å². The Morgan fingerprint density at radius 1 is 1.14 bits per heavy atom. The molecule has 0 N–H and O–H groups in total. The third-order valence-corrected chi connectivity index (χ3v) is 4.80. The molecule has 2 amide bonds. The monoisotopic (exact) mass is 309 g/mol. The highest BCUT2D eigenvalue weighted by molar-refractivity contribution is 8.01. The lowest BCUT2D eigenvalue weighted by Crippen LogP contribution is -2.35. The maximum absolute atomic E-state index is 12.3. The minimum Gasteiger partial charge on any atom is -0.294 e. The van der Waals surface area contributed by atoms with E-state index in [4.69, 9.17) is 0 Å². The van der Waals surface area contributed by atoms with E-state index in [0.29, 0.717) is 0 Å². The average molecular weight is 309 g/mol. The van der Waals surface area contributed by atoms with Crippen LogP contribution in [0.15, 0.2) is 12.2 Å². The fraction of sp³-hybridized carbons (Fsp3) is 0.600. The summed E-state index contributed by atoms with van der Waals surface area (Å²) in [7, 11) is 0. The fourth-order valence-corrected chi connectivity index (χ4v) is 3.79. The van der Waals surface area contributed by atoms with Gasteiger partial charge in [0.2, 0.25) is 11.8 Å². The molecule has 1 saturated heterocycles. The Labute approximate surface area is 128 Å². The third kappa shape index (κ3) is 3.61. The number of imide groups is 1. The maximum atomic E-state index is 12.3. The van der Waals surface area contributed by atoms with Gasteiger partial charge in [-0.15, -0.1) is 11.8 Å². The molecule has 21 heavy (non-hydrogen) atoms. The number of amides is 2. The molecule has 0 aromatic rings. The first-order valence-electron chi connectivity index (χ1n) is 6.97. The van der Waals surface area contributed by atoms with Crippen LogP contribution < -0.4 is 0 Å². The molecule has 0 bridgehead atoms. The largest absolute Gasteiger partial charge is 0.294 e. The molecule has 114 valence electrons. The van der Waals surface area contributed by atoms with Crippen molar-refractivity contribution in [3.63, 3.8) is 0 Å². The van der Waals surface area contributed by atoms with Gasteiger partial charge in [-0.05, 0) is 18.6 Å². The molecule has 0 spiro atoms. The Bertz CT molecular complexity index is 514. The van der Waals surface area contributed by atoms with Gasteiger partial charge in [-0.3, -0.25) is 24.1 Å². The van der Waals surface area contributed by atoms with Crippen LogP contribution in [0, 0.1) is 5.92 Å². The quantitative estimate of drug-likeness (QED) is 0.579. The van der Waals surface area contributed by atoms with Gasteiger partial charge >= 0.3 is 0 Å². The molecule has 2 aliphatic rings. The first-order valence-corrected chi connectivity index (χ1v) is 7.85. The van der Waals surface area contributed by atoms with Crippen molar-refractivity contribution >= 4 is 35.1 Å². The average Bonchev–Trinajstić information content (AvgIpc) is 2.79. The van der Waals surface area contributed by atoms with Gasteiger partial charge in [0.25, 0.3) is 0 Å². The lowest BCUT2D eigenvalue weighted by atomic mass is 10.0. The van der Waals surface area contributed by atoms with E-state index in [1.807, 2.05) is 20.8 Å². The highest BCUT2D eigenvalue weighted by Gasteiger charge is 2.41. The predicted molar refractivity (Wildman–Crippen MR) is 79.7 cm³/mol. The van der Waals surface area contributed by atoms with E-state index in [1.165, 1.54) is 28.8 Å². The van der Waals surface area contributed by atoms with Crippen LogP contribution in [0.1, 0.15) is 33.6 Å². The summed E-state index contributed by atoms with van der Waals surface area (Å²) in [5, 5.41) is -0.356. The second kappa shape index (κ2) is 5.75. The van der Waals surface area contributed by atoms with Gasteiger partial charge in [-0.1, -0.05) is 20.8 Å². The van der Waals surface area contributed by atoms with Gasteiger partial charge in [0.1, 0.15) is 0 Å². The molecule has 1 aliphatic heterocycles. The predicted octanol–water partition coefficient (Wildman–Crippen LogP) is 1.36. The molecular weight excluding hydrogens is 290 g/mol. The molecule has 0 aromatic carbocycles. The molecule has 1 fully saturated rings. The number of hydrogen-bond acceptors (Lipinski definition) is 5. The van der Waals surface area contributed by atoms with Crippen molar-refractivity contribution in [2.24, 2.45) is 5.92 Å². The Morgan fingerprint density at radius 2 is 1.71 bits per heavy atom. The molecule has 1 atom stereocenters. The molecule has 0 saturated carbocycles. The molecule has 0 aromatic heterocycles. The van der Waals surface area contributed by atoms with Crippen molar-refractivity contribution < 1.29 is 19.2 Å². The summed E-state index contributed by atoms with van der Waals surface area (Å²) >= 11 is 1.48. The minimum atomic E-state index is -0.722.